The molecular formula is C9H17O5Si. The highest BCUT2D eigenvalue weighted by atomic mass is 28.2. The average molecular weight is 233 g/mol. The Morgan fingerprint density at radius 2 is 2.00 bits per heavy atom. The fraction of sp³-hybridized carbons (Fsp3) is 1.00. The van der Waals surface area contributed by atoms with Gasteiger partial charge in [0.1, 0.15) is 0 Å². The molecule has 0 aromatic heterocycles. The van der Waals surface area contributed by atoms with Crippen molar-refractivity contribution >= 4 is 10.5 Å². The van der Waals surface area contributed by atoms with E-state index in [9.17, 15) is 0 Å². The van der Waals surface area contributed by atoms with E-state index in [0.717, 1.165) is 6.42 Å². The van der Waals surface area contributed by atoms with E-state index in [0.29, 0.717) is 26.1 Å². The monoisotopic (exact) mass is 233 g/mol. The van der Waals surface area contributed by atoms with Gasteiger partial charge in [-0.25, -0.2) is 4.89 Å². The molecule has 1 heterocycles. The Balaban J connectivity index is 2.49. The standard InChI is InChI=1S/C9H17O5Si/c1-3-8(13-14-15)12-9(4-2)10-6-5-7-11-9/h8H,3-7H2,1-2H3. The maximum atomic E-state index is 5.60. The van der Waals surface area contributed by atoms with Crippen LogP contribution in [-0.4, -0.2) is 36.0 Å². The average Bonchev–Trinajstić information content (AvgIpc) is 2.30. The maximum absolute atomic E-state index is 5.60. The van der Waals surface area contributed by atoms with E-state index in [1.807, 2.05) is 13.8 Å². The molecule has 5 nitrogen and oxygen atoms in total. The quantitative estimate of drug-likeness (QED) is 0.299. The Morgan fingerprint density at radius 3 is 2.47 bits per heavy atom. The highest BCUT2D eigenvalue weighted by Gasteiger charge is 2.37. The van der Waals surface area contributed by atoms with Crippen LogP contribution in [0.15, 0.2) is 0 Å². The normalized spacial score (nSPS) is 22.6. The van der Waals surface area contributed by atoms with Crippen LogP contribution < -0.4 is 0 Å². The van der Waals surface area contributed by atoms with Crippen LogP contribution in [-0.2, 0) is 23.7 Å². The molecule has 0 aliphatic carbocycles. The first-order valence-corrected chi connectivity index (χ1v) is 5.62. The second-order valence-electron chi connectivity index (χ2n) is 3.22. The first-order valence-electron chi connectivity index (χ1n) is 5.21. The molecule has 1 unspecified atom stereocenters. The van der Waals surface area contributed by atoms with Crippen molar-refractivity contribution in [3.8, 4) is 0 Å². The molecule has 0 saturated carbocycles. The van der Waals surface area contributed by atoms with Gasteiger partial charge in [0.15, 0.2) is 6.29 Å². The number of hydrogen-bond donors (Lipinski definition) is 0. The lowest BCUT2D eigenvalue weighted by Crippen LogP contribution is -2.45. The largest absolute Gasteiger partial charge is 0.327 e. The van der Waals surface area contributed by atoms with E-state index < -0.39 is 12.3 Å². The molecule has 3 radical (unpaired) electrons. The van der Waals surface area contributed by atoms with Gasteiger partial charge in [-0.3, -0.25) is 9.31 Å². The highest BCUT2D eigenvalue weighted by molar-refractivity contribution is 5.97. The molecule has 1 saturated heterocycles. The lowest BCUT2D eigenvalue weighted by atomic mass is 10.3. The van der Waals surface area contributed by atoms with Gasteiger partial charge in [0.05, 0.1) is 13.2 Å². The Labute approximate surface area is 93.4 Å². The smallest absolute Gasteiger partial charge is 0.302 e. The summed E-state index contributed by atoms with van der Waals surface area (Å²) in [4.78, 5) is 4.85. The van der Waals surface area contributed by atoms with Crippen molar-refractivity contribution in [2.75, 3.05) is 13.2 Å². The van der Waals surface area contributed by atoms with Gasteiger partial charge in [-0.05, 0) is 12.8 Å². The van der Waals surface area contributed by atoms with Crippen LogP contribution >= 0.6 is 0 Å². The van der Waals surface area contributed by atoms with E-state index >= 15 is 0 Å². The fourth-order valence-corrected chi connectivity index (χ4v) is 1.44. The summed E-state index contributed by atoms with van der Waals surface area (Å²) in [6.45, 7) is 5.13. The summed E-state index contributed by atoms with van der Waals surface area (Å²) in [7, 11) is 2.76. The lowest BCUT2D eigenvalue weighted by molar-refractivity contribution is -0.462. The molecule has 6 heteroatoms. The van der Waals surface area contributed by atoms with Crippen molar-refractivity contribution in [1.29, 1.82) is 0 Å². The van der Waals surface area contributed by atoms with Gasteiger partial charge < -0.3 is 9.47 Å². The van der Waals surface area contributed by atoms with Gasteiger partial charge in [0.2, 0.25) is 0 Å². The van der Waals surface area contributed by atoms with Gasteiger partial charge in [0, 0.05) is 6.42 Å². The van der Waals surface area contributed by atoms with Crippen molar-refractivity contribution in [1.82, 2.24) is 0 Å². The van der Waals surface area contributed by atoms with Crippen LogP contribution in [0.1, 0.15) is 33.1 Å². The zero-order valence-corrected chi connectivity index (χ0v) is 10.2. The Kier molecular flexibility index (Phi) is 5.73. The van der Waals surface area contributed by atoms with Crippen LogP contribution in [0, 0.1) is 0 Å². The molecule has 15 heavy (non-hydrogen) atoms. The highest BCUT2D eigenvalue weighted by Crippen LogP contribution is 2.26. The third kappa shape index (κ3) is 3.82. The van der Waals surface area contributed by atoms with Crippen LogP contribution in [0.2, 0.25) is 0 Å². The fourth-order valence-electron chi connectivity index (χ4n) is 1.34. The summed E-state index contributed by atoms with van der Waals surface area (Å²) in [6, 6.07) is 0. The van der Waals surface area contributed by atoms with Gasteiger partial charge in [-0.1, -0.05) is 13.8 Å². The first kappa shape index (κ1) is 13.1. The van der Waals surface area contributed by atoms with E-state index in [4.69, 9.17) is 19.1 Å². The Hall–Kier alpha value is 0.0169. The molecule has 1 aliphatic heterocycles. The van der Waals surface area contributed by atoms with E-state index in [1.165, 1.54) is 0 Å². The minimum absolute atomic E-state index is 0.513. The molecule has 87 valence electrons. The van der Waals surface area contributed by atoms with Crippen LogP contribution in [0.4, 0.5) is 0 Å². The van der Waals surface area contributed by atoms with E-state index in [2.05, 4.69) is 15.1 Å². The second kappa shape index (κ2) is 6.57. The number of ether oxygens (including phenoxy) is 3. The minimum Gasteiger partial charge on any atom is -0.327 e. The zero-order chi connectivity index (χ0) is 11.1. The summed E-state index contributed by atoms with van der Waals surface area (Å²) in [5.74, 6) is -0.982. The second-order valence-corrected chi connectivity index (χ2v) is 3.39. The van der Waals surface area contributed by atoms with E-state index in [1.54, 1.807) is 0 Å². The molecule has 1 fully saturated rings. The minimum atomic E-state index is -0.982. The third-order valence-electron chi connectivity index (χ3n) is 2.17. The summed E-state index contributed by atoms with van der Waals surface area (Å²) in [6.07, 6.45) is 1.62. The SMILES string of the molecule is CCC(OO[Si])OC1(CC)OCCCO1. The molecule has 0 spiro atoms. The summed E-state index contributed by atoms with van der Waals surface area (Å²) in [5.41, 5.74) is 0. The van der Waals surface area contributed by atoms with Gasteiger partial charge >= 0.3 is 10.5 Å². The van der Waals surface area contributed by atoms with Crippen molar-refractivity contribution in [2.24, 2.45) is 0 Å². The summed E-state index contributed by atoms with van der Waals surface area (Å²) >= 11 is 0. The van der Waals surface area contributed by atoms with Crippen LogP contribution in [0.3, 0.4) is 0 Å². The van der Waals surface area contributed by atoms with Crippen LogP contribution in [0.25, 0.3) is 0 Å². The number of hydrogen-bond acceptors (Lipinski definition) is 5. The van der Waals surface area contributed by atoms with Crippen molar-refractivity contribution in [3.63, 3.8) is 0 Å². The predicted molar refractivity (Wildman–Crippen MR) is 52.6 cm³/mol. The summed E-state index contributed by atoms with van der Waals surface area (Å²) in [5, 5.41) is 0. The predicted octanol–water partition coefficient (Wildman–Crippen LogP) is 1.27. The summed E-state index contributed by atoms with van der Waals surface area (Å²) < 4.78 is 21.0. The van der Waals surface area contributed by atoms with Crippen LogP contribution in [0.5, 0.6) is 0 Å². The third-order valence-corrected chi connectivity index (χ3v) is 2.26. The van der Waals surface area contributed by atoms with Gasteiger partial charge in [-0.2, -0.15) is 0 Å². The van der Waals surface area contributed by atoms with Crippen molar-refractivity contribution < 1.29 is 23.7 Å². The number of rotatable bonds is 6. The Morgan fingerprint density at radius 1 is 1.33 bits per heavy atom. The van der Waals surface area contributed by atoms with E-state index in [-0.39, 0.29) is 0 Å². The van der Waals surface area contributed by atoms with Gasteiger partial charge in [-0.15, -0.1) is 0 Å². The molecule has 0 bridgehead atoms. The first-order chi connectivity index (χ1) is 7.26. The molecule has 0 N–H and O–H groups in total. The molecule has 1 aliphatic rings. The topological polar surface area (TPSA) is 46.2 Å². The molecular weight excluding hydrogens is 216 g/mol. The Bertz CT molecular complexity index is 172. The molecule has 0 aromatic rings. The maximum Gasteiger partial charge on any atom is 0.302 e. The molecule has 0 aromatic carbocycles. The zero-order valence-electron chi connectivity index (χ0n) is 9.15. The molecule has 0 amide bonds. The molecule has 1 rings (SSSR count). The van der Waals surface area contributed by atoms with Gasteiger partial charge in [0.25, 0.3) is 5.97 Å². The molecule has 1 atom stereocenters. The van der Waals surface area contributed by atoms with Crippen molar-refractivity contribution in [3.05, 3.63) is 0 Å². The van der Waals surface area contributed by atoms with Crippen molar-refractivity contribution in [2.45, 2.75) is 45.4 Å². The lowest BCUT2D eigenvalue weighted by Gasteiger charge is -2.37.